The van der Waals surface area contributed by atoms with Crippen molar-refractivity contribution in [3.63, 3.8) is 0 Å². The van der Waals surface area contributed by atoms with Crippen molar-refractivity contribution in [3.8, 4) is 0 Å². The third-order valence-corrected chi connectivity index (χ3v) is 3.97. The molecule has 1 aromatic carbocycles. The molecule has 0 saturated carbocycles. The van der Waals surface area contributed by atoms with Crippen LogP contribution in [0, 0.1) is 6.92 Å². The molecule has 6 nitrogen and oxygen atoms in total. The van der Waals surface area contributed by atoms with E-state index in [-0.39, 0.29) is 28.9 Å². The van der Waals surface area contributed by atoms with Gasteiger partial charge in [0.25, 0.3) is 0 Å². The van der Waals surface area contributed by atoms with E-state index in [9.17, 15) is 9.59 Å². The molecule has 2 heterocycles. The fraction of sp³-hybridized carbons (Fsp3) is 0.118. The third kappa shape index (κ3) is 3.09. The highest BCUT2D eigenvalue weighted by Gasteiger charge is 2.12. The van der Waals surface area contributed by atoms with Gasteiger partial charge in [-0.25, -0.2) is 4.98 Å². The summed E-state index contributed by atoms with van der Waals surface area (Å²) in [6.07, 6.45) is 3.20. The highest BCUT2D eigenvalue weighted by molar-refractivity contribution is 6.33. The Morgan fingerprint density at radius 1 is 1.33 bits per heavy atom. The van der Waals surface area contributed by atoms with Crippen LogP contribution in [-0.4, -0.2) is 21.4 Å². The Morgan fingerprint density at radius 2 is 2.08 bits per heavy atom. The number of aromatic nitrogens is 2. The first-order chi connectivity index (χ1) is 11.5. The molecule has 0 bridgehead atoms. The molecular formula is C17H15ClN4O2. The predicted molar refractivity (Wildman–Crippen MR) is 93.1 cm³/mol. The summed E-state index contributed by atoms with van der Waals surface area (Å²) in [4.78, 5) is 27.3. The molecule has 24 heavy (non-hydrogen) atoms. The van der Waals surface area contributed by atoms with Crippen LogP contribution in [0.25, 0.3) is 10.9 Å². The van der Waals surface area contributed by atoms with Gasteiger partial charge in [0.05, 0.1) is 10.6 Å². The molecule has 0 atom stereocenters. The summed E-state index contributed by atoms with van der Waals surface area (Å²) in [7, 11) is 0. The summed E-state index contributed by atoms with van der Waals surface area (Å²) in [6.45, 7) is 2.13. The molecule has 0 aliphatic heterocycles. The Kier molecular flexibility index (Phi) is 4.22. The minimum atomic E-state index is -0.628. The van der Waals surface area contributed by atoms with Gasteiger partial charge in [0.15, 0.2) is 5.82 Å². The number of nitrogens with one attached hydrogen (secondary N) is 1. The van der Waals surface area contributed by atoms with Crippen molar-refractivity contribution in [1.29, 1.82) is 0 Å². The number of carbonyl (C=O) groups is 2. The number of rotatable bonds is 4. The molecule has 3 rings (SSSR count). The molecule has 0 radical (unpaired) electrons. The van der Waals surface area contributed by atoms with Gasteiger partial charge in [0, 0.05) is 23.3 Å². The number of aryl methyl sites for hydroxylation is 1. The Bertz CT molecular complexity index is 949. The highest BCUT2D eigenvalue weighted by atomic mass is 35.5. The maximum atomic E-state index is 12.3. The summed E-state index contributed by atoms with van der Waals surface area (Å²) in [5.74, 6) is -0.701. The van der Waals surface area contributed by atoms with Gasteiger partial charge in [-0.15, -0.1) is 0 Å². The van der Waals surface area contributed by atoms with Crippen LogP contribution in [0.3, 0.4) is 0 Å². The van der Waals surface area contributed by atoms with E-state index in [4.69, 9.17) is 17.3 Å². The number of nitrogens with two attached hydrogens (primary N) is 1. The van der Waals surface area contributed by atoms with Gasteiger partial charge in [-0.2, -0.15) is 0 Å². The molecule has 0 unspecified atom stereocenters. The van der Waals surface area contributed by atoms with Gasteiger partial charge in [-0.1, -0.05) is 29.8 Å². The van der Waals surface area contributed by atoms with Gasteiger partial charge in [-0.05, 0) is 24.6 Å². The van der Waals surface area contributed by atoms with Crippen LogP contribution >= 0.6 is 11.6 Å². The fourth-order valence-electron chi connectivity index (χ4n) is 2.55. The smallest absolute Gasteiger partial charge is 0.250 e. The van der Waals surface area contributed by atoms with Crippen LogP contribution in [0.1, 0.15) is 15.9 Å². The fourth-order valence-corrected chi connectivity index (χ4v) is 2.77. The van der Waals surface area contributed by atoms with Crippen LogP contribution in [0.15, 0.2) is 42.7 Å². The van der Waals surface area contributed by atoms with Crippen LogP contribution in [-0.2, 0) is 11.3 Å². The van der Waals surface area contributed by atoms with Crippen molar-refractivity contribution >= 4 is 40.1 Å². The number of benzene rings is 1. The van der Waals surface area contributed by atoms with E-state index in [0.29, 0.717) is 0 Å². The lowest BCUT2D eigenvalue weighted by Gasteiger charge is -2.08. The molecule has 7 heteroatoms. The molecule has 2 amide bonds. The van der Waals surface area contributed by atoms with E-state index in [1.807, 2.05) is 42.0 Å². The molecule has 0 aliphatic carbocycles. The van der Waals surface area contributed by atoms with Crippen molar-refractivity contribution in [3.05, 3.63) is 58.9 Å². The standard InChI is InChI=1S/C17H15ClN4O2/c1-10-8-22(14-5-3-2-4-12(10)14)9-15(23)21-17-13(18)6-11(7-20-17)16(19)24/h2-8H,9H2,1H3,(H2,19,24)(H,20,21,23). The molecule has 122 valence electrons. The van der Waals surface area contributed by atoms with E-state index >= 15 is 0 Å². The van der Waals surface area contributed by atoms with Gasteiger partial charge in [-0.3, -0.25) is 9.59 Å². The van der Waals surface area contributed by atoms with Gasteiger partial charge in [0.2, 0.25) is 11.8 Å². The largest absolute Gasteiger partial charge is 0.366 e. The van der Waals surface area contributed by atoms with Gasteiger partial charge in [0.1, 0.15) is 6.54 Å². The molecular weight excluding hydrogens is 328 g/mol. The minimum absolute atomic E-state index is 0.129. The third-order valence-electron chi connectivity index (χ3n) is 3.69. The number of primary amides is 1. The second-order valence-electron chi connectivity index (χ2n) is 5.42. The summed E-state index contributed by atoms with van der Waals surface area (Å²) in [6, 6.07) is 9.24. The predicted octanol–water partition coefficient (Wildman–Crippen LogP) is 2.74. The molecule has 2 aromatic heterocycles. The van der Waals surface area contributed by atoms with Crippen molar-refractivity contribution in [2.45, 2.75) is 13.5 Å². The number of nitrogens with zero attached hydrogens (tertiary/aromatic N) is 2. The van der Waals surface area contributed by atoms with Gasteiger partial charge >= 0.3 is 0 Å². The summed E-state index contributed by atoms with van der Waals surface area (Å²) >= 11 is 6.03. The number of hydrogen-bond donors (Lipinski definition) is 2. The average Bonchev–Trinajstić information content (AvgIpc) is 2.86. The second kappa shape index (κ2) is 6.33. The van der Waals surface area contributed by atoms with Crippen molar-refractivity contribution < 1.29 is 9.59 Å². The van der Waals surface area contributed by atoms with Crippen LogP contribution in [0.4, 0.5) is 5.82 Å². The normalized spacial score (nSPS) is 10.8. The molecule has 0 fully saturated rings. The lowest BCUT2D eigenvalue weighted by molar-refractivity contribution is -0.116. The van der Waals surface area contributed by atoms with Crippen molar-refractivity contribution in [2.24, 2.45) is 5.73 Å². The molecule has 0 aliphatic rings. The number of hydrogen-bond acceptors (Lipinski definition) is 3. The number of halogens is 1. The zero-order chi connectivity index (χ0) is 17.3. The molecule has 0 spiro atoms. The number of fused-ring (bicyclic) bond motifs is 1. The molecule has 3 N–H and O–H groups in total. The Balaban J connectivity index is 1.79. The van der Waals surface area contributed by atoms with Crippen molar-refractivity contribution in [2.75, 3.05) is 5.32 Å². The summed E-state index contributed by atoms with van der Waals surface area (Å²) < 4.78 is 1.87. The Labute approximate surface area is 143 Å². The number of pyridine rings is 1. The van der Waals surface area contributed by atoms with Crippen LogP contribution in [0.2, 0.25) is 5.02 Å². The summed E-state index contributed by atoms with van der Waals surface area (Å²) in [5, 5.41) is 3.91. The van der Waals surface area contributed by atoms with Crippen LogP contribution < -0.4 is 11.1 Å². The first-order valence-corrected chi connectivity index (χ1v) is 7.63. The van der Waals surface area contributed by atoms with E-state index in [2.05, 4.69) is 10.3 Å². The topological polar surface area (TPSA) is 90.0 Å². The first kappa shape index (κ1) is 16.0. The monoisotopic (exact) mass is 342 g/mol. The lowest BCUT2D eigenvalue weighted by Crippen LogP contribution is -2.19. The van der Waals surface area contributed by atoms with E-state index in [0.717, 1.165) is 16.5 Å². The quantitative estimate of drug-likeness (QED) is 0.763. The van der Waals surface area contributed by atoms with E-state index < -0.39 is 5.91 Å². The average molecular weight is 343 g/mol. The second-order valence-corrected chi connectivity index (χ2v) is 5.83. The lowest BCUT2D eigenvalue weighted by atomic mass is 10.2. The summed E-state index contributed by atoms with van der Waals surface area (Å²) in [5.41, 5.74) is 7.43. The molecule has 3 aromatic rings. The number of carbonyl (C=O) groups excluding carboxylic acids is 2. The Morgan fingerprint density at radius 3 is 2.79 bits per heavy atom. The maximum absolute atomic E-state index is 12.3. The SMILES string of the molecule is Cc1cn(CC(=O)Nc2ncc(C(N)=O)cc2Cl)c2ccccc12. The van der Waals surface area contributed by atoms with Crippen LogP contribution in [0.5, 0.6) is 0 Å². The number of para-hydroxylation sites is 1. The zero-order valence-corrected chi connectivity index (χ0v) is 13.7. The van der Waals surface area contributed by atoms with Gasteiger partial charge < -0.3 is 15.6 Å². The minimum Gasteiger partial charge on any atom is -0.366 e. The number of amides is 2. The van der Waals surface area contributed by atoms with Crippen molar-refractivity contribution in [1.82, 2.24) is 9.55 Å². The van der Waals surface area contributed by atoms with E-state index in [1.165, 1.54) is 12.3 Å². The molecule has 0 saturated heterocycles. The highest BCUT2D eigenvalue weighted by Crippen LogP contribution is 2.22. The zero-order valence-electron chi connectivity index (χ0n) is 12.9. The Hall–Kier alpha value is -2.86. The number of anilines is 1. The first-order valence-electron chi connectivity index (χ1n) is 7.25. The van der Waals surface area contributed by atoms with E-state index in [1.54, 1.807) is 0 Å². The maximum Gasteiger partial charge on any atom is 0.250 e.